The van der Waals surface area contributed by atoms with E-state index in [1.54, 1.807) is 6.92 Å². The first-order chi connectivity index (χ1) is 12.6. The fraction of sp³-hybridized carbons (Fsp3) is 0.556. The summed E-state index contributed by atoms with van der Waals surface area (Å²) >= 11 is 0. The van der Waals surface area contributed by atoms with Gasteiger partial charge in [-0.15, -0.1) is 0 Å². The van der Waals surface area contributed by atoms with Crippen LogP contribution < -0.4 is 16.0 Å². The minimum atomic E-state index is -4.39. The van der Waals surface area contributed by atoms with Crippen molar-refractivity contribution in [3.8, 4) is 0 Å². The van der Waals surface area contributed by atoms with Gasteiger partial charge in [0.1, 0.15) is 5.54 Å². The van der Waals surface area contributed by atoms with Crippen molar-refractivity contribution in [2.24, 2.45) is 11.8 Å². The van der Waals surface area contributed by atoms with Crippen LogP contribution in [0.15, 0.2) is 24.3 Å². The van der Waals surface area contributed by atoms with E-state index in [-0.39, 0.29) is 30.7 Å². The van der Waals surface area contributed by atoms with Gasteiger partial charge >= 0.3 is 6.18 Å². The molecule has 2 aliphatic rings. The second-order valence-electron chi connectivity index (χ2n) is 7.28. The topological polar surface area (TPSA) is 90.5 Å². The van der Waals surface area contributed by atoms with Crippen molar-refractivity contribution in [1.29, 1.82) is 0 Å². The maximum atomic E-state index is 12.6. The number of benzene rings is 1. The Kier molecular flexibility index (Phi) is 5.18. The first kappa shape index (κ1) is 19.6. The number of hydrogen-bond acceptors (Lipinski definition) is 4. The fourth-order valence-electron chi connectivity index (χ4n) is 3.43. The monoisotopic (exact) mass is 385 g/mol. The summed E-state index contributed by atoms with van der Waals surface area (Å²) in [5, 5.41) is 17.6. The molecule has 4 N–H and O–H groups in total. The summed E-state index contributed by atoms with van der Waals surface area (Å²) in [7, 11) is 0. The van der Waals surface area contributed by atoms with Crippen LogP contribution in [0.25, 0.3) is 0 Å². The zero-order valence-corrected chi connectivity index (χ0v) is 14.8. The molecule has 0 spiro atoms. The number of alkyl halides is 3. The highest BCUT2D eigenvalue weighted by atomic mass is 19.4. The van der Waals surface area contributed by atoms with Gasteiger partial charge in [-0.1, -0.05) is 19.1 Å². The van der Waals surface area contributed by atoms with E-state index < -0.39 is 29.5 Å². The molecule has 1 aromatic rings. The molecule has 3 unspecified atom stereocenters. The molecule has 3 rings (SSSR count). The Labute approximate surface area is 154 Å². The first-order valence-corrected chi connectivity index (χ1v) is 8.82. The van der Waals surface area contributed by atoms with Crippen LogP contribution >= 0.6 is 0 Å². The van der Waals surface area contributed by atoms with Gasteiger partial charge < -0.3 is 15.7 Å². The van der Waals surface area contributed by atoms with Crippen LogP contribution in [0.4, 0.5) is 13.2 Å². The molecule has 2 fully saturated rings. The Morgan fingerprint density at radius 1 is 1.33 bits per heavy atom. The Morgan fingerprint density at radius 2 is 1.96 bits per heavy atom. The predicted molar refractivity (Wildman–Crippen MR) is 90.1 cm³/mol. The van der Waals surface area contributed by atoms with E-state index in [1.807, 2.05) is 0 Å². The number of amides is 2. The summed E-state index contributed by atoms with van der Waals surface area (Å²) < 4.78 is 37.8. The highest BCUT2D eigenvalue weighted by molar-refractivity contribution is 5.90. The number of halogens is 3. The highest BCUT2D eigenvalue weighted by Gasteiger charge is 2.55. The van der Waals surface area contributed by atoms with E-state index >= 15 is 0 Å². The normalized spacial score (nSPS) is 26.6. The predicted octanol–water partition coefficient (Wildman–Crippen LogP) is 1.14. The Balaban J connectivity index is 1.57. The molecule has 1 aliphatic carbocycles. The number of carbonyl (C=O) groups excluding carboxylic acids is 2. The van der Waals surface area contributed by atoms with Gasteiger partial charge in [-0.25, -0.2) is 0 Å². The van der Waals surface area contributed by atoms with E-state index in [0.717, 1.165) is 25.0 Å². The zero-order valence-electron chi connectivity index (χ0n) is 14.8. The van der Waals surface area contributed by atoms with Gasteiger partial charge in [-0.3, -0.25) is 14.9 Å². The molecule has 1 aliphatic heterocycles. The molecule has 2 amide bonds. The molecule has 6 nitrogen and oxygen atoms in total. The number of nitrogens with one attached hydrogen (secondary N) is 3. The Morgan fingerprint density at radius 3 is 2.44 bits per heavy atom. The SMILES string of the molecule is CC(Cc1ccc(C(F)(F)F)cc1)C(=O)NCC1(C2CC2)NC(O)NC1=O. The summed E-state index contributed by atoms with van der Waals surface area (Å²) in [6.07, 6.45) is -3.57. The van der Waals surface area contributed by atoms with Gasteiger partial charge in [0.25, 0.3) is 0 Å². The molecule has 3 atom stereocenters. The third-order valence-corrected chi connectivity index (χ3v) is 5.15. The molecule has 0 bridgehead atoms. The van der Waals surface area contributed by atoms with Crippen LogP contribution in [0.5, 0.6) is 0 Å². The van der Waals surface area contributed by atoms with E-state index in [4.69, 9.17) is 0 Å². The number of rotatable bonds is 6. The second-order valence-corrected chi connectivity index (χ2v) is 7.28. The molecule has 0 radical (unpaired) electrons. The van der Waals surface area contributed by atoms with Crippen LogP contribution in [0, 0.1) is 11.8 Å². The van der Waals surface area contributed by atoms with Crippen LogP contribution in [-0.4, -0.2) is 35.4 Å². The lowest BCUT2D eigenvalue weighted by atomic mass is 9.92. The minimum Gasteiger partial charge on any atom is -0.361 e. The molecule has 1 saturated carbocycles. The quantitative estimate of drug-likeness (QED) is 0.591. The van der Waals surface area contributed by atoms with Crippen molar-refractivity contribution in [2.45, 2.75) is 44.3 Å². The van der Waals surface area contributed by atoms with Crippen molar-refractivity contribution in [2.75, 3.05) is 6.54 Å². The summed E-state index contributed by atoms with van der Waals surface area (Å²) in [6.45, 7) is 1.73. The van der Waals surface area contributed by atoms with Crippen molar-refractivity contribution in [3.05, 3.63) is 35.4 Å². The van der Waals surface area contributed by atoms with Crippen molar-refractivity contribution >= 4 is 11.8 Å². The molecule has 0 aromatic heterocycles. The largest absolute Gasteiger partial charge is 0.416 e. The van der Waals surface area contributed by atoms with E-state index in [9.17, 15) is 27.9 Å². The average Bonchev–Trinajstić information content (AvgIpc) is 3.39. The van der Waals surface area contributed by atoms with Gasteiger partial charge in [0.15, 0.2) is 6.35 Å². The maximum Gasteiger partial charge on any atom is 0.416 e. The third-order valence-electron chi connectivity index (χ3n) is 5.15. The maximum absolute atomic E-state index is 12.6. The van der Waals surface area contributed by atoms with Gasteiger partial charge in [-0.05, 0) is 42.9 Å². The van der Waals surface area contributed by atoms with Crippen LogP contribution in [0.2, 0.25) is 0 Å². The number of aliphatic hydroxyl groups excluding tert-OH is 1. The lowest BCUT2D eigenvalue weighted by molar-refractivity contribution is -0.137. The van der Waals surface area contributed by atoms with Crippen LogP contribution in [0.1, 0.15) is 30.9 Å². The number of hydrogen-bond donors (Lipinski definition) is 4. The first-order valence-electron chi connectivity index (χ1n) is 8.82. The average molecular weight is 385 g/mol. The molecule has 1 saturated heterocycles. The molecular weight excluding hydrogens is 363 g/mol. The van der Waals surface area contributed by atoms with Crippen LogP contribution in [-0.2, 0) is 22.2 Å². The molecule has 1 heterocycles. The number of aliphatic hydroxyl groups is 1. The molecule has 27 heavy (non-hydrogen) atoms. The molecular formula is C18H22F3N3O3. The lowest BCUT2D eigenvalue weighted by Crippen LogP contribution is -2.57. The van der Waals surface area contributed by atoms with Crippen molar-refractivity contribution in [3.63, 3.8) is 0 Å². The van der Waals surface area contributed by atoms with Gasteiger partial charge in [0.05, 0.1) is 5.56 Å². The standard InChI is InChI=1S/C18H22F3N3O3/c1-10(8-11-2-4-13(5-3-11)18(19,20)21)14(25)22-9-17(12-6-7-12)15(26)23-16(27)24-17/h2-5,10,12,16,24,27H,6-9H2,1H3,(H,22,25)(H,23,26). The zero-order chi connectivity index (χ0) is 19.8. The Bertz CT molecular complexity index is 719. The fourth-order valence-corrected chi connectivity index (χ4v) is 3.43. The van der Waals surface area contributed by atoms with Gasteiger partial charge in [0.2, 0.25) is 11.8 Å². The summed E-state index contributed by atoms with van der Waals surface area (Å²) in [5.41, 5.74) is -1.12. The minimum absolute atomic E-state index is 0.0523. The van der Waals surface area contributed by atoms with Crippen molar-refractivity contribution < 1.29 is 27.9 Å². The summed E-state index contributed by atoms with van der Waals surface area (Å²) in [4.78, 5) is 24.6. The lowest BCUT2D eigenvalue weighted by Gasteiger charge is -2.27. The van der Waals surface area contributed by atoms with E-state index in [1.165, 1.54) is 12.1 Å². The van der Waals surface area contributed by atoms with Crippen LogP contribution in [0.3, 0.4) is 0 Å². The van der Waals surface area contributed by atoms with E-state index in [0.29, 0.717) is 5.56 Å². The molecule has 9 heteroatoms. The molecule has 148 valence electrons. The van der Waals surface area contributed by atoms with Gasteiger partial charge in [0, 0.05) is 12.5 Å². The second kappa shape index (κ2) is 7.12. The Hall–Kier alpha value is -2.13. The highest BCUT2D eigenvalue weighted by Crippen LogP contribution is 2.41. The number of carbonyl (C=O) groups is 2. The summed E-state index contributed by atoms with van der Waals surface area (Å²) in [6, 6.07) is 4.72. The molecule has 1 aromatic carbocycles. The van der Waals surface area contributed by atoms with E-state index in [2.05, 4.69) is 16.0 Å². The van der Waals surface area contributed by atoms with Crippen molar-refractivity contribution in [1.82, 2.24) is 16.0 Å². The third kappa shape index (κ3) is 4.24. The smallest absolute Gasteiger partial charge is 0.361 e. The van der Waals surface area contributed by atoms with Gasteiger partial charge in [-0.2, -0.15) is 13.2 Å². The summed E-state index contributed by atoms with van der Waals surface area (Å²) in [5.74, 6) is -1.06.